The smallest absolute Gasteiger partial charge is 0.138 e. The van der Waals surface area contributed by atoms with Gasteiger partial charge in [0, 0.05) is 12.3 Å². The summed E-state index contributed by atoms with van der Waals surface area (Å²) >= 11 is 0. The molecule has 1 N–H and O–H groups in total. The molecule has 3 rings (SSSR count). The highest BCUT2D eigenvalue weighted by Crippen LogP contribution is 2.62. The van der Waals surface area contributed by atoms with Gasteiger partial charge in [0.2, 0.25) is 0 Å². The van der Waals surface area contributed by atoms with Crippen molar-refractivity contribution in [2.45, 2.75) is 39.2 Å². The minimum absolute atomic E-state index is 0.0413. The molecule has 2 nitrogen and oxygen atoms in total. The van der Waals surface area contributed by atoms with Gasteiger partial charge >= 0.3 is 0 Å². The van der Waals surface area contributed by atoms with E-state index in [4.69, 9.17) is 0 Å². The van der Waals surface area contributed by atoms with Crippen LogP contribution in [0.15, 0.2) is 0 Å². The highest BCUT2D eigenvalue weighted by molar-refractivity contribution is 5.84. The van der Waals surface area contributed by atoms with Gasteiger partial charge in [-0.15, -0.1) is 0 Å². The Labute approximate surface area is 73.0 Å². The summed E-state index contributed by atoms with van der Waals surface area (Å²) in [4.78, 5) is 11.4. The van der Waals surface area contributed by atoms with Crippen molar-refractivity contribution in [1.82, 2.24) is 0 Å². The highest BCUT2D eigenvalue weighted by Gasteiger charge is 2.66. The summed E-state index contributed by atoms with van der Waals surface area (Å²) in [7, 11) is 0. The molecule has 2 unspecified atom stereocenters. The third-order valence-electron chi connectivity index (χ3n) is 4.34. The van der Waals surface area contributed by atoms with Gasteiger partial charge < -0.3 is 5.11 Å². The number of ketones is 1. The van der Waals surface area contributed by atoms with Gasteiger partial charge in [-0.25, -0.2) is 0 Å². The zero-order valence-corrected chi connectivity index (χ0v) is 7.92. The lowest BCUT2D eigenvalue weighted by Gasteiger charge is -2.64. The van der Waals surface area contributed by atoms with Crippen molar-refractivity contribution < 1.29 is 9.90 Å². The first-order valence-corrected chi connectivity index (χ1v) is 4.64. The first kappa shape index (κ1) is 8.24. The molecule has 2 heteroatoms. The van der Waals surface area contributed by atoms with Crippen LogP contribution in [0.3, 0.4) is 0 Å². The first-order valence-electron chi connectivity index (χ1n) is 4.64. The van der Waals surface area contributed by atoms with E-state index in [0.29, 0.717) is 12.3 Å². The molecule has 0 heterocycles. The second-order valence-corrected chi connectivity index (χ2v) is 4.94. The quantitative estimate of drug-likeness (QED) is 0.593. The molecule has 2 bridgehead atoms. The number of fused-ring (bicyclic) bond motifs is 2. The molecule has 0 saturated heterocycles. The van der Waals surface area contributed by atoms with Crippen molar-refractivity contribution in [3.8, 4) is 0 Å². The second-order valence-electron chi connectivity index (χ2n) is 4.94. The summed E-state index contributed by atoms with van der Waals surface area (Å²) in [5.74, 6) is 0.511. The van der Waals surface area contributed by atoms with Crippen molar-refractivity contribution in [3.05, 3.63) is 0 Å². The predicted molar refractivity (Wildman–Crippen MR) is 45.6 cm³/mol. The minimum Gasteiger partial charge on any atom is -0.389 e. The molecule has 0 amide bonds. The molecular formula is C10H16O2. The normalized spacial score (nSPS) is 50.2. The zero-order valence-electron chi connectivity index (χ0n) is 7.92. The molecule has 0 aromatic rings. The molecule has 0 spiro atoms. The maximum Gasteiger partial charge on any atom is 0.138 e. The second kappa shape index (κ2) is 1.92. The van der Waals surface area contributed by atoms with Crippen LogP contribution >= 0.6 is 0 Å². The number of hydrogen-bond donors (Lipinski definition) is 1. The molecule has 0 aliphatic heterocycles. The number of carbonyl (C=O) groups is 1. The lowest BCUT2D eigenvalue weighted by Crippen LogP contribution is -2.69. The summed E-state index contributed by atoms with van der Waals surface area (Å²) in [6.45, 7) is 6.01. The molecule has 3 fully saturated rings. The number of hydrogen-bond acceptors (Lipinski definition) is 2. The van der Waals surface area contributed by atoms with Crippen LogP contribution in [0.1, 0.15) is 33.6 Å². The average molecular weight is 168 g/mol. The van der Waals surface area contributed by atoms with Gasteiger partial charge in [0.05, 0.1) is 5.60 Å². The van der Waals surface area contributed by atoms with Crippen molar-refractivity contribution in [1.29, 1.82) is 0 Å². The van der Waals surface area contributed by atoms with E-state index < -0.39 is 5.60 Å². The van der Waals surface area contributed by atoms with E-state index in [1.807, 2.05) is 6.92 Å². The largest absolute Gasteiger partial charge is 0.389 e. The van der Waals surface area contributed by atoms with Crippen LogP contribution < -0.4 is 0 Å². The van der Waals surface area contributed by atoms with Crippen molar-refractivity contribution in [3.63, 3.8) is 0 Å². The van der Waals surface area contributed by atoms with E-state index >= 15 is 0 Å². The van der Waals surface area contributed by atoms with Gasteiger partial charge in [-0.05, 0) is 17.8 Å². The summed E-state index contributed by atoms with van der Waals surface area (Å²) in [5.41, 5.74) is -0.743. The van der Waals surface area contributed by atoms with Gasteiger partial charge in [0.25, 0.3) is 0 Å². The van der Waals surface area contributed by atoms with Crippen molar-refractivity contribution in [2.24, 2.45) is 17.3 Å². The topological polar surface area (TPSA) is 37.3 Å². The minimum atomic E-state index is -0.701. The van der Waals surface area contributed by atoms with Crippen LogP contribution in [0, 0.1) is 17.3 Å². The SMILES string of the molecule is CC1C(=O)CC2C[C@]1(O)C2(C)C. The lowest BCUT2D eigenvalue weighted by atomic mass is 9.42. The maximum absolute atomic E-state index is 11.4. The maximum atomic E-state index is 11.4. The van der Waals surface area contributed by atoms with E-state index in [2.05, 4.69) is 13.8 Å². The van der Waals surface area contributed by atoms with Crippen LogP contribution in [0.4, 0.5) is 0 Å². The van der Waals surface area contributed by atoms with Crippen LogP contribution in [-0.4, -0.2) is 16.5 Å². The lowest BCUT2D eigenvalue weighted by molar-refractivity contribution is -0.241. The predicted octanol–water partition coefficient (Wildman–Crippen LogP) is 1.37. The Morgan fingerprint density at radius 3 is 2.50 bits per heavy atom. The summed E-state index contributed by atoms with van der Waals surface area (Å²) in [5, 5.41) is 10.2. The van der Waals surface area contributed by atoms with Gasteiger partial charge in [0.1, 0.15) is 5.78 Å². The van der Waals surface area contributed by atoms with Gasteiger partial charge in [-0.1, -0.05) is 20.8 Å². The van der Waals surface area contributed by atoms with Gasteiger partial charge in [-0.3, -0.25) is 4.79 Å². The van der Waals surface area contributed by atoms with Gasteiger partial charge in [0.15, 0.2) is 0 Å². The molecule has 0 radical (unpaired) electrons. The number of aliphatic hydroxyl groups is 1. The third kappa shape index (κ3) is 0.634. The number of carbonyl (C=O) groups excluding carboxylic acids is 1. The van der Waals surface area contributed by atoms with Crippen molar-refractivity contribution in [2.75, 3.05) is 0 Å². The fraction of sp³-hybridized carbons (Fsp3) is 0.900. The molecular weight excluding hydrogens is 152 g/mol. The van der Waals surface area contributed by atoms with E-state index in [9.17, 15) is 9.90 Å². The molecule has 3 aliphatic carbocycles. The first-order chi connectivity index (χ1) is 5.39. The standard InChI is InChI=1S/C10H16O2/c1-6-8(11)4-7-5-10(6,12)9(7,2)3/h6-7,12H,4-5H2,1-3H3/t6?,7?,10-/m1/s1. The Hall–Kier alpha value is -0.370. The molecule has 0 aromatic carbocycles. The molecule has 3 saturated carbocycles. The molecule has 12 heavy (non-hydrogen) atoms. The molecule has 68 valence electrons. The fourth-order valence-electron chi connectivity index (χ4n) is 2.86. The van der Waals surface area contributed by atoms with Crippen LogP contribution in [0.25, 0.3) is 0 Å². The van der Waals surface area contributed by atoms with Gasteiger partial charge in [-0.2, -0.15) is 0 Å². The Balaban J connectivity index is 2.36. The Morgan fingerprint density at radius 2 is 2.08 bits per heavy atom. The average Bonchev–Trinajstić information content (AvgIpc) is 1.99. The van der Waals surface area contributed by atoms with E-state index in [1.165, 1.54) is 0 Å². The molecule has 3 atom stereocenters. The third-order valence-corrected chi connectivity index (χ3v) is 4.34. The molecule has 3 aliphatic rings. The number of rotatable bonds is 0. The van der Waals surface area contributed by atoms with Crippen molar-refractivity contribution >= 4 is 5.78 Å². The Bertz CT molecular complexity index is 244. The highest BCUT2D eigenvalue weighted by atomic mass is 16.3. The van der Waals surface area contributed by atoms with Crippen LogP contribution in [-0.2, 0) is 4.79 Å². The van der Waals surface area contributed by atoms with E-state index in [-0.39, 0.29) is 17.1 Å². The Morgan fingerprint density at radius 1 is 1.50 bits per heavy atom. The van der Waals surface area contributed by atoms with E-state index in [1.54, 1.807) is 0 Å². The summed E-state index contributed by atoms with van der Waals surface area (Å²) < 4.78 is 0. The zero-order chi connectivity index (χ0) is 9.15. The van der Waals surface area contributed by atoms with Crippen LogP contribution in [0.5, 0.6) is 0 Å². The van der Waals surface area contributed by atoms with E-state index in [0.717, 1.165) is 6.42 Å². The Kier molecular flexibility index (Phi) is 1.32. The fourth-order valence-corrected chi connectivity index (χ4v) is 2.86. The molecule has 0 aromatic heterocycles. The summed E-state index contributed by atoms with van der Waals surface area (Å²) in [6, 6.07) is 0. The number of Topliss-reactive ketones (excluding diaryl/α,β-unsaturated/α-hetero) is 1. The van der Waals surface area contributed by atoms with Crippen LogP contribution in [0.2, 0.25) is 0 Å². The summed E-state index contributed by atoms with van der Waals surface area (Å²) in [6.07, 6.45) is 1.50. The monoisotopic (exact) mass is 168 g/mol.